The van der Waals surface area contributed by atoms with Gasteiger partial charge in [0.15, 0.2) is 0 Å². The number of hydrogen-bond acceptors (Lipinski definition) is 1. The minimum Gasteiger partial charge on any atom is -0.348 e. The Morgan fingerprint density at radius 2 is 2.20 bits per heavy atom. The molecule has 1 N–H and O–H groups in total. The molecular weight excluding hydrogens is 193 g/mol. The number of rotatable bonds is 3. The maximum atomic E-state index is 13.5. The molecule has 0 aromatic heterocycles. The van der Waals surface area contributed by atoms with Crippen molar-refractivity contribution in [2.24, 2.45) is 0 Å². The van der Waals surface area contributed by atoms with Gasteiger partial charge in [-0.2, -0.15) is 0 Å². The number of carbonyl (C=O) groups excluding carboxylic acids is 1. The summed E-state index contributed by atoms with van der Waals surface area (Å²) in [6, 6.07) is 4.76. The zero-order chi connectivity index (χ0) is 11.4. The molecule has 80 valence electrons. The molecule has 1 amide bonds. The Morgan fingerprint density at radius 3 is 2.80 bits per heavy atom. The molecule has 1 rings (SSSR count). The fourth-order valence-corrected chi connectivity index (χ4v) is 1.15. The third-order valence-corrected chi connectivity index (χ3v) is 1.99. The number of hydrogen-bond donors (Lipinski definition) is 1. The van der Waals surface area contributed by atoms with Crippen LogP contribution < -0.4 is 5.32 Å². The van der Waals surface area contributed by atoms with Gasteiger partial charge in [-0.1, -0.05) is 24.3 Å². The third kappa shape index (κ3) is 2.91. The number of carbonyl (C=O) groups is 1. The summed E-state index contributed by atoms with van der Waals surface area (Å²) in [5.74, 6) is -0.865. The van der Waals surface area contributed by atoms with Crippen molar-refractivity contribution in [3.8, 4) is 0 Å². The molecule has 0 saturated heterocycles. The molecule has 0 atom stereocenters. The fraction of sp³-hybridized carbons (Fsp3) is 0.250. The van der Waals surface area contributed by atoms with E-state index in [2.05, 4.69) is 11.9 Å². The zero-order valence-corrected chi connectivity index (χ0v) is 8.93. The van der Waals surface area contributed by atoms with Gasteiger partial charge in [-0.15, -0.1) is 0 Å². The molecule has 0 bridgehead atoms. The first-order chi connectivity index (χ1) is 7.02. The molecule has 15 heavy (non-hydrogen) atoms. The van der Waals surface area contributed by atoms with Crippen molar-refractivity contribution in [3.05, 3.63) is 47.3 Å². The van der Waals surface area contributed by atoms with Crippen LogP contribution >= 0.6 is 0 Å². The highest BCUT2D eigenvalue weighted by atomic mass is 19.1. The monoisotopic (exact) mass is 207 g/mol. The van der Waals surface area contributed by atoms with Gasteiger partial charge in [0.2, 0.25) is 0 Å². The summed E-state index contributed by atoms with van der Waals surface area (Å²) in [5.41, 5.74) is 1.38. The minimum atomic E-state index is -0.461. The van der Waals surface area contributed by atoms with E-state index in [4.69, 9.17) is 0 Å². The maximum Gasteiger partial charge on any atom is 0.254 e. The lowest BCUT2D eigenvalue weighted by Crippen LogP contribution is -2.25. The highest BCUT2D eigenvalue weighted by Crippen LogP contribution is 2.11. The Morgan fingerprint density at radius 1 is 1.53 bits per heavy atom. The summed E-state index contributed by atoms with van der Waals surface area (Å²) in [6.45, 7) is 7.45. The van der Waals surface area contributed by atoms with Crippen LogP contribution in [0.1, 0.15) is 22.8 Å². The Bertz CT molecular complexity index is 399. The summed E-state index contributed by atoms with van der Waals surface area (Å²) in [6.07, 6.45) is 0. The predicted octanol–water partition coefficient (Wildman–Crippen LogP) is 2.44. The Hall–Kier alpha value is -1.64. The van der Waals surface area contributed by atoms with Crippen molar-refractivity contribution in [1.82, 2.24) is 5.32 Å². The summed E-state index contributed by atoms with van der Waals surface area (Å²) < 4.78 is 13.5. The first kappa shape index (κ1) is 11.4. The van der Waals surface area contributed by atoms with E-state index in [1.54, 1.807) is 26.0 Å². The molecule has 0 heterocycles. The molecule has 0 aliphatic carbocycles. The number of nitrogens with one attached hydrogen (secondary N) is 1. The van der Waals surface area contributed by atoms with Crippen molar-refractivity contribution >= 4 is 5.91 Å². The Labute approximate surface area is 88.8 Å². The van der Waals surface area contributed by atoms with Crippen LogP contribution in [0.2, 0.25) is 0 Å². The lowest BCUT2D eigenvalue weighted by molar-refractivity contribution is 0.0953. The SMILES string of the molecule is C=C(C)CNC(=O)c1cccc(C)c1F. The van der Waals surface area contributed by atoms with Crippen LogP contribution in [0, 0.1) is 12.7 Å². The molecule has 2 nitrogen and oxygen atoms in total. The van der Waals surface area contributed by atoms with Crippen molar-refractivity contribution < 1.29 is 9.18 Å². The van der Waals surface area contributed by atoms with E-state index in [1.165, 1.54) is 6.07 Å². The first-order valence-electron chi connectivity index (χ1n) is 4.70. The standard InChI is InChI=1S/C12H14FNO/c1-8(2)7-14-12(15)10-6-4-5-9(3)11(10)13/h4-6H,1,7H2,2-3H3,(H,14,15). The fourth-order valence-electron chi connectivity index (χ4n) is 1.15. The van der Waals surface area contributed by atoms with Crippen LogP contribution in [-0.2, 0) is 0 Å². The zero-order valence-electron chi connectivity index (χ0n) is 8.93. The predicted molar refractivity (Wildman–Crippen MR) is 58.3 cm³/mol. The number of amides is 1. The quantitative estimate of drug-likeness (QED) is 0.758. The molecule has 0 aliphatic rings. The largest absolute Gasteiger partial charge is 0.348 e. The number of aryl methyl sites for hydroxylation is 1. The lowest BCUT2D eigenvalue weighted by Gasteiger charge is -2.06. The van der Waals surface area contributed by atoms with E-state index in [0.29, 0.717) is 12.1 Å². The molecule has 3 heteroatoms. The Kier molecular flexibility index (Phi) is 3.61. The summed E-state index contributed by atoms with van der Waals surface area (Å²) in [5, 5.41) is 2.59. The van der Waals surface area contributed by atoms with Gasteiger partial charge in [-0.25, -0.2) is 4.39 Å². The van der Waals surface area contributed by atoms with Gasteiger partial charge in [-0.05, 0) is 25.5 Å². The maximum absolute atomic E-state index is 13.5. The van der Waals surface area contributed by atoms with Crippen LogP contribution in [0.3, 0.4) is 0 Å². The van der Waals surface area contributed by atoms with Gasteiger partial charge >= 0.3 is 0 Å². The van der Waals surface area contributed by atoms with Gasteiger partial charge in [0.1, 0.15) is 5.82 Å². The third-order valence-electron chi connectivity index (χ3n) is 1.99. The van der Waals surface area contributed by atoms with Crippen LogP contribution in [0.4, 0.5) is 4.39 Å². The van der Waals surface area contributed by atoms with Crippen LogP contribution in [-0.4, -0.2) is 12.5 Å². The van der Waals surface area contributed by atoms with Crippen molar-refractivity contribution in [2.45, 2.75) is 13.8 Å². The van der Waals surface area contributed by atoms with E-state index in [1.807, 2.05) is 0 Å². The molecule has 0 aliphatic heterocycles. The second-order valence-corrected chi connectivity index (χ2v) is 3.58. The van der Waals surface area contributed by atoms with Crippen LogP contribution in [0.15, 0.2) is 30.4 Å². The normalized spacial score (nSPS) is 9.80. The van der Waals surface area contributed by atoms with Crippen LogP contribution in [0.25, 0.3) is 0 Å². The van der Waals surface area contributed by atoms with Gasteiger partial charge in [-0.3, -0.25) is 4.79 Å². The van der Waals surface area contributed by atoms with E-state index >= 15 is 0 Å². The molecule has 0 fully saturated rings. The second-order valence-electron chi connectivity index (χ2n) is 3.58. The number of benzene rings is 1. The van der Waals surface area contributed by atoms with Gasteiger partial charge < -0.3 is 5.32 Å². The average Bonchev–Trinajstić information content (AvgIpc) is 2.18. The highest BCUT2D eigenvalue weighted by molar-refractivity contribution is 5.94. The number of halogens is 1. The van der Waals surface area contributed by atoms with E-state index in [-0.39, 0.29) is 5.56 Å². The first-order valence-corrected chi connectivity index (χ1v) is 4.70. The molecule has 0 spiro atoms. The molecular formula is C12H14FNO. The molecule has 0 unspecified atom stereocenters. The van der Waals surface area contributed by atoms with Gasteiger partial charge in [0, 0.05) is 6.54 Å². The van der Waals surface area contributed by atoms with Crippen molar-refractivity contribution in [2.75, 3.05) is 6.54 Å². The molecule has 0 saturated carbocycles. The summed E-state index contributed by atoms with van der Waals surface area (Å²) >= 11 is 0. The van der Waals surface area contributed by atoms with Crippen LogP contribution in [0.5, 0.6) is 0 Å². The van der Waals surface area contributed by atoms with E-state index in [0.717, 1.165) is 5.57 Å². The molecule has 1 aromatic rings. The van der Waals surface area contributed by atoms with Crippen molar-refractivity contribution in [3.63, 3.8) is 0 Å². The molecule has 1 aromatic carbocycles. The topological polar surface area (TPSA) is 29.1 Å². The van der Waals surface area contributed by atoms with E-state index < -0.39 is 11.7 Å². The minimum absolute atomic E-state index is 0.0799. The Balaban J connectivity index is 2.82. The second kappa shape index (κ2) is 4.73. The lowest BCUT2D eigenvalue weighted by atomic mass is 10.1. The van der Waals surface area contributed by atoms with E-state index in [9.17, 15) is 9.18 Å². The smallest absolute Gasteiger partial charge is 0.254 e. The summed E-state index contributed by atoms with van der Waals surface area (Å²) in [7, 11) is 0. The average molecular weight is 207 g/mol. The summed E-state index contributed by atoms with van der Waals surface area (Å²) in [4.78, 5) is 11.5. The van der Waals surface area contributed by atoms with Gasteiger partial charge in [0.25, 0.3) is 5.91 Å². The van der Waals surface area contributed by atoms with Crippen molar-refractivity contribution in [1.29, 1.82) is 0 Å². The molecule has 0 radical (unpaired) electrons. The highest BCUT2D eigenvalue weighted by Gasteiger charge is 2.11. The van der Waals surface area contributed by atoms with Gasteiger partial charge in [0.05, 0.1) is 5.56 Å².